The number of hydrogen-bond acceptors (Lipinski definition) is 4. The Morgan fingerprint density at radius 1 is 1.40 bits per heavy atom. The normalized spacial score (nSPS) is 16.0. The van der Waals surface area contributed by atoms with Crippen LogP contribution in [0.15, 0.2) is 18.2 Å². The SMILES string of the molecule is CN1C(=O)Cc2ccc(C(N)CCC(N)=O)cc2C1=O. The molecule has 1 aromatic rings. The molecule has 1 heterocycles. The molecule has 0 fully saturated rings. The Morgan fingerprint density at radius 3 is 2.75 bits per heavy atom. The van der Waals surface area contributed by atoms with Crippen LogP contribution in [-0.4, -0.2) is 29.7 Å². The molecule has 6 heteroatoms. The van der Waals surface area contributed by atoms with Gasteiger partial charge in [-0.25, -0.2) is 0 Å². The van der Waals surface area contributed by atoms with E-state index < -0.39 is 5.91 Å². The molecular formula is C14H17N3O3. The van der Waals surface area contributed by atoms with Crippen LogP contribution in [-0.2, 0) is 16.0 Å². The third kappa shape index (κ3) is 2.70. The summed E-state index contributed by atoms with van der Waals surface area (Å²) in [6.45, 7) is 0. The van der Waals surface area contributed by atoms with Crippen molar-refractivity contribution in [3.05, 3.63) is 34.9 Å². The number of nitrogens with two attached hydrogens (primary N) is 2. The van der Waals surface area contributed by atoms with E-state index in [9.17, 15) is 14.4 Å². The van der Waals surface area contributed by atoms with Gasteiger partial charge in [-0.15, -0.1) is 0 Å². The van der Waals surface area contributed by atoms with Gasteiger partial charge in [-0.1, -0.05) is 12.1 Å². The molecule has 2 rings (SSSR count). The Balaban J connectivity index is 2.25. The predicted octanol–water partition coefficient (Wildman–Crippen LogP) is 0.107. The molecule has 0 saturated carbocycles. The lowest BCUT2D eigenvalue weighted by Gasteiger charge is -2.24. The first-order valence-electron chi connectivity index (χ1n) is 6.37. The second-order valence-electron chi connectivity index (χ2n) is 4.96. The first kappa shape index (κ1) is 14.2. The van der Waals surface area contributed by atoms with Gasteiger partial charge < -0.3 is 11.5 Å². The molecule has 0 spiro atoms. The lowest BCUT2D eigenvalue weighted by molar-refractivity contribution is -0.127. The van der Waals surface area contributed by atoms with Crippen LogP contribution < -0.4 is 11.5 Å². The van der Waals surface area contributed by atoms with Crippen LogP contribution in [0.1, 0.15) is 40.4 Å². The summed E-state index contributed by atoms with van der Waals surface area (Å²) in [4.78, 5) is 35.5. The van der Waals surface area contributed by atoms with Crippen molar-refractivity contribution < 1.29 is 14.4 Å². The maximum atomic E-state index is 12.1. The number of amides is 3. The fourth-order valence-electron chi connectivity index (χ4n) is 2.22. The minimum absolute atomic E-state index is 0.199. The summed E-state index contributed by atoms with van der Waals surface area (Å²) >= 11 is 0. The molecule has 106 valence electrons. The largest absolute Gasteiger partial charge is 0.370 e. The molecule has 0 bridgehead atoms. The van der Waals surface area contributed by atoms with Crippen LogP contribution in [0, 0.1) is 0 Å². The zero-order valence-corrected chi connectivity index (χ0v) is 11.3. The molecule has 1 aliphatic heterocycles. The topological polar surface area (TPSA) is 106 Å². The minimum Gasteiger partial charge on any atom is -0.370 e. The molecule has 0 aromatic heterocycles. The second-order valence-corrected chi connectivity index (χ2v) is 4.96. The summed E-state index contributed by atoms with van der Waals surface area (Å²) in [5.74, 6) is -0.937. The molecule has 4 N–H and O–H groups in total. The average molecular weight is 275 g/mol. The van der Waals surface area contributed by atoms with Gasteiger partial charge in [0.15, 0.2) is 0 Å². The average Bonchev–Trinajstić information content (AvgIpc) is 2.42. The van der Waals surface area contributed by atoms with E-state index in [1.165, 1.54) is 7.05 Å². The highest BCUT2D eigenvalue weighted by atomic mass is 16.2. The fraction of sp³-hybridized carbons (Fsp3) is 0.357. The van der Waals surface area contributed by atoms with E-state index in [1.54, 1.807) is 18.2 Å². The first-order valence-corrected chi connectivity index (χ1v) is 6.37. The van der Waals surface area contributed by atoms with Crippen LogP contribution in [0.25, 0.3) is 0 Å². The zero-order chi connectivity index (χ0) is 14.9. The number of carbonyl (C=O) groups excluding carboxylic acids is 3. The summed E-state index contributed by atoms with van der Waals surface area (Å²) in [5.41, 5.74) is 13.1. The molecule has 3 amide bonds. The number of benzene rings is 1. The van der Waals surface area contributed by atoms with Gasteiger partial charge in [0.25, 0.3) is 5.91 Å². The predicted molar refractivity (Wildman–Crippen MR) is 72.6 cm³/mol. The first-order chi connectivity index (χ1) is 9.40. The van der Waals surface area contributed by atoms with Crippen molar-refractivity contribution in [3.63, 3.8) is 0 Å². The smallest absolute Gasteiger partial charge is 0.260 e. The maximum Gasteiger partial charge on any atom is 0.260 e. The van der Waals surface area contributed by atoms with Gasteiger partial charge in [0.05, 0.1) is 6.42 Å². The molecule has 20 heavy (non-hydrogen) atoms. The fourth-order valence-corrected chi connectivity index (χ4v) is 2.22. The Labute approximate surface area is 116 Å². The number of imide groups is 1. The highest BCUT2D eigenvalue weighted by molar-refractivity contribution is 6.09. The highest BCUT2D eigenvalue weighted by Crippen LogP contribution is 2.24. The number of primary amides is 1. The number of hydrogen-bond donors (Lipinski definition) is 2. The summed E-state index contributed by atoms with van der Waals surface area (Å²) in [7, 11) is 1.47. The van der Waals surface area contributed by atoms with Gasteiger partial charge in [0, 0.05) is 25.1 Å². The standard InChI is InChI=1S/C14H17N3O3/c1-17-13(19)7-8-2-3-9(6-10(8)14(17)20)11(15)4-5-12(16)18/h2-3,6,11H,4-5,7,15H2,1H3,(H2,16,18). The molecule has 1 aromatic carbocycles. The quantitative estimate of drug-likeness (QED) is 0.760. The van der Waals surface area contributed by atoms with Crippen LogP contribution >= 0.6 is 0 Å². The van der Waals surface area contributed by atoms with Crippen molar-refractivity contribution in [1.82, 2.24) is 4.90 Å². The Kier molecular flexibility index (Phi) is 3.85. The maximum absolute atomic E-state index is 12.1. The molecular weight excluding hydrogens is 258 g/mol. The van der Waals surface area contributed by atoms with Crippen molar-refractivity contribution in [2.45, 2.75) is 25.3 Å². The van der Waals surface area contributed by atoms with E-state index in [1.807, 2.05) is 0 Å². The lowest BCUT2D eigenvalue weighted by Crippen LogP contribution is -2.39. The molecule has 0 saturated heterocycles. The third-order valence-corrected chi connectivity index (χ3v) is 3.51. The molecule has 0 aliphatic carbocycles. The highest BCUT2D eigenvalue weighted by Gasteiger charge is 2.28. The van der Waals surface area contributed by atoms with Gasteiger partial charge in [-0.2, -0.15) is 0 Å². The van der Waals surface area contributed by atoms with Crippen LogP contribution in [0.4, 0.5) is 0 Å². The van der Waals surface area contributed by atoms with Gasteiger partial charge >= 0.3 is 0 Å². The van der Waals surface area contributed by atoms with Crippen molar-refractivity contribution in [2.75, 3.05) is 7.05 Å². The van der Waals surface area contributed by atoms with E-state index in [2.05, 4.69) is 0 Å². The van der Waals surface area contributed by atoms with Gasteiger partial charge in [0.2, 0.25) is 11.8 Å². The lowest BCUT2D eigenvalue weighted by atomic mass is 9.93. The molecule has 0 radical (unpaired) electrons. The minimum atomic E-state index is -0.403. The number of likely N-dealkylation sites (N-methyl/N-ethyl adjacent to an activating group) is 1. The van der Waals surface area contributed by atoms with Crippen molar-refractivity contribution in [3.8, 4) is 0 Å². The van der Waals surface area contributed by atoms with E-state index in [0.717, 1.165) is 10.5 Å². The Bertz CT molecular complexity index is 583. The Hall–Kier alpha value is -2.21. The summed E-state index contributed by atoms with van der Waals surface area (Å²) < 4.78 is 0. The third-order valence-electron chi connectivity index (χ3n) is 3.51. The molecule has 1 atom stereocenters. The Morgan fingerprint density at radius 2 is 2.10 bits per heavy atom. The molecule has 1 aliphatic rings. The monoisotopic (exact) mass is 275 g/mol. The summed E-state index contributed by atoms with van der Waals surface area (Å²) in [6.07, 6.45) is 0.843. The van der Waals surface area contributed by atoms with Gasteiger partial charge in [-0.05, 0) is 23.6 Å². The number of rotatable bonds is 4. The molecule has 6 nitrogen and oxygen atoms in total. The number of fused-ring (bicyclic) bond motifs is 1. The zero-order valence-electron chi connectivity index (χ0n) is 11.3. The molecule has 1 unspecified atom stereocenters. The number of nitrogens with zero attached hydrogens (tertiary/aromatic N) is 1. The van der Waals surface area contributed by atoms with Gasteiger partial charge in [0.1, 0.15) is 0 Å². The summed E-state index contributed by atoms with van der Waals surface area (Å²) in [5, 5.41) is 0. The van der Waals surface area contributed by atoms with E-state index in [4.69, 9.17) is 11.5 Å². The van der Waals surface area contributed by atoms with E-state index >= 15 is 0 Å². The van der Waals surface area contributed by atoms with E-state index in [-0.39, 0.29) is 30.7 Å². The van der Waals surface area contributed by atoms with Crippen LogP contribution in [0.5, 0.6) is 0 Å². The second kappa shape index (κ2) is 5.42. The van der Waals surface area contributed by atoms with Crippen LogP contribution in [0.3, 0.4) is 0 Å². The number of carbonyl (C=O) groups is 3. The van der Waals surface area contributed by atoms with Crippen molar-refractivity contribution in [1.29, 1.82) is 0 Å². The van der Waals surface area contributed by atoms with Crippen LogP contribution in [0.2, 0.25) is 0 Å². The van der Waals surface area contributed by atoms with Crippen molar-refractivity contribution in [2.24, 2.45) is 11.5 Å². The summed E-state index contributed by atoms with van der Waals surface area (Å²) in [6, 6.07) is 4.88. The van der Waals surface area contributed by atoms with Crippen molar-refractivity contribution >= 4 is 17.7 Å². The van der Waals surface area contributed by atoms with Gasteiger partial charge in [-0.3, -0.25) is 19.3 Å². The van der Waals surface area contributed by atoms with E-state index in [0.29, 0.717) is 17.5 Å².